The van der Waals surface area contributed by atoms with E-state index < -0.39 is 17.4 Å². The Kier molecular flexibility index (Phi) is 4.10. The number of ether oxygens (including phenoxy) is 1. The Morgan fingerprint density at radius 3 is 3.00 bits per heavy atom. The monoisotopic (exact) mass is 393 g/mol. The van der Waals surface area contributed by atoms with Crippen LogP contribution in [0.15, 0.2) is 53.3 Å². The van der Waals surface area contributed by atoms with Gasteiger partial charge in [0.25, 0.3) is 0 Å². The van der Waals surface area contributed by atoms with Gasteiger partial charge < -0.3 is 19.1 Å². The number of aromatic nitrogens is 1. The molecule has 0 saturated carbocycles. The molecule has 29 heavy (non-hydrogen) atoms. The summed E-state index contributed by atoms with van der Waals surface area (Å²) >= 11 is 0. The van der Waals surface area contributed by atoms with Crippen LogP contribution in [0.5, 0.6) is 0 Å². The van der Waals surface area contributed by atoms with Gasteiger partial charge in [0.05, 0.1) is 31.0 Å². The van der Waals surface area contributed by atoms with E-state index in [1.165, 1.54) is 6.26 Å². The molecule has 0 radical (unpaired) electrons. The lowest BCUT2D eigenvalue weighted by atomic mass is 9.76. The lowest BCUT2D eigenvalue weighted by Gasteiger charge is -2.27. The van der Waals surface area contributed by atoms with Gasteiger partial charge in [-0.2, -0.15) is 0 Å². The van der Waals surface area contributed by atoms with E-state index in [1.54, 1.807) is 18.0 Å². The smallest absolute Gasteiger partial charge is 0.230 e. The number of likely N-dealkylation sites (tertiary alicyclic amines) is 1. The summed E-state index contributed by atoms with van der Waals surface area (Å²) in [7, 11) is 1.73. The van der Waals surface area contributed by atoms with E-state index in [0.717, 1.165) is 11.1 Å². The Hall–Kier alpha value is -2.93. The van der Waals surface area contributed by atoms with Crippen LogP contribution in [0.1, 0.15) is 16.8 Å². The van der Waals surface area contributed by atoms with Crippen LogP contribution >= 0.6 is 0 Å². The Morgan fingerprint density at radius 1 is 1.38 bits per heavy atom. The highest BCUT2D eigenvalue weighted by molar-refractivity contribution is 5.93. The van der Waals surface area contributed by atoms with Gasteiger partial charge in [-0.25, -0.2) is 0 Å². The molecule has 2 fully saturated rings. The number of rotatable bonds is 5. The van der Waals surface area contributed by atoms with Crippen molar-refractivity contribution in [2.24, 2.45) is 11.8 Å². The van der Waals surface area contributed by atoms with E-state index in [4.69, 9.17) is 9.26 Å². The van der Waals surface area contributed by atoms with E-state index in [2.05, 4.69) is 11.2 Å². The van der Waals surface area contributed by atoms with Crippen LogP contribution in [0.25, 0.3) is 0 Å². The molecule has 150 valence electrons. The van der Waals surface area contributed by atoms with Crippen LogP contribution in [-0.4, -0.2) is 52.1 Å². The van der Waals surface area contributed by atoms with Crippen LogP contribution in [0.3, 0.4) is 0 Å². The largest absolute Gasteiger partial charge is 0.364 e. The van der Waals surface area contributed by atoms with Crippen molar-refractivity contribution in [3.63, 3.8) is 0 Å². The average Bonchev–Trinajstić information content (AvgIpc) is 3.45. The zero-order chi connectivity index (χ0) is 20.2. The number of benzene rings is 1. The summed E-state index contributed by atoms with van der Waals surface area (Å²) in [5, 5.41) is 3.87. The van der Waals surface area contributed by atoms with Crippen molar-refractivity contribution >= 4 is 11.8 Å². The Morgan fingerprint density at radius 2 is 2.24 bits per heavy atom. The lowest BCUT2D eigenvalue weighted by Crippen LogP contribution is -2.44. The summed E-state index contributed by atoms with van der Waals surface area (Å²) in [6.45, 7) is 3.38. The first-order valence-corrected chi connectivity index (χ1v) is 9.83. The highest BCUT2D eigenvalue weighted by atomic mass is 16.5. The van der Waals surface area contributed by atoms with Crippen molar-refractivity contribution in [2.75, 3.05) is 13.6 Å². The van der Waals surface area contributed by atoms with Gasteiger partial charge in [-0.1, -0.05) is 47.1 Å². The van der Waals surface area contributed by atoms with Crippen molar-refractivity contribution < 1.29 is 18.8 Å². The number of amides is 2. The van der Waals surface area contributed by atoms with Gasteiger partial charge in [0.15, 0.2) is 0 Å². The SMILES string of the molecule is Cc1cccc(CN2C[C@]34C=C[C@H](O3)C(C(=O)N(C)Cc3ccon3)C4C2=O)c1. The summed E-state index contributed by atoms with van der Waals surface area (Å²) in [6.07, 6.45) is 5.05. The first-order chi connectivity index (χ1) is 14.0. The van der Waals surface area contributed by atoms with E-state index in [1.807, 2.05) is 42.2 Å². The van der Waals surface area contributed by atoms with E-state index in [9.17, 15) is 9.59 Å². The molecule has 2 amide bonds. The minimum atomic E-state index is -0.694. The van der Waals surface area contributed by atoms with Gasteiger partial charge in [-0.15, -0.1) is 0 Å². The minimum absolute atomic E-state index is 0.00783. The maximum Gasteiger partial charge on any atom is 0.230 e. The molecule has 2 bridgehead atoms. The van der Waals surface area contributed by atoms with Crippen molar-refractivity contribution in [3.8, 4) is 0 Å². The Labute approximate surface area is 168 Å². The Bertz CT molecular complexity index is 986. The molecule has 7 nitrogen and oxygen atoms in total. The van der Waals surface area contributed by atoms with E-state index in [0.29, 0.717) is 25.3 Å². The molecule has 2 saturated heterocycles. The molecular weight excluding hydrogens is 370 g/mol. The second-order valence-electron chi connectivity index (χ2n) is 8.27. The van der Waals surface area contributed by atoms with Crippen LogP contribution in [0.2, 0.25) is 0 Å². The van der Waals surface area contributed by atoms with Crippen LogP contribution in [0.4, 0.5) is 0 Å². The highest BCUT2D eigenvalue weighted by Crippen LogP contribution is 2.52. The van der Waals surface area contributed by atoms with Gasteiger partial charge in [-0.3, -0.25) is 9.59 Å². The van der Waals surface area contributed by atoms with Gasteiger partial charge in [0.2, 0.25) is 11.8 Å². The molecule has 1 aromatic heterocycles. The number of aryl methyl sites for hydroxylation is 1. The number of nitrogens with zero attached hydrogens (tertiary/aromatic N) is 3. The summed E-state index contributed by atoms with van der Waals surface area (Å²) in [4.78, 5) is 30.0. The van der Waals surface area contributed by atoms with E-state index >= 15 is 0 Å². The second-order valence-corrected chi connectivity index (χ2v) is 8.27. The zero-order valence-corrected chi connectivity index (χ0v) is 16.4. The predicted molar refractivity (Wildman–Crippen MR) is 103 cm³/mol. The number of hydrogen-bond acceptors (Lipinski definition) is 5. The Balaban J connectivity index is 1.37. The molecule has 0 aliphatic carbocycles. The zero-order valence-electron chi connectivity index (χ0n) is 16.4. The fraction of sp³-hybridized carbons (Fsp3) is 0.409. The van der Waals surface area contributed by atoms with Crippen molar-refractivity contribution in [1.82, 2.24) is 15.0 Å². The topological polar surface area (TPSA) is 75.9 Å². The predicted octanol–water partition coefficient (Wildman–Crippen LogP) is 1.92. The van der Waals surface area contributed by atoms with Crippen molar-refractivity contribution in [2.45, 2.75) is 31.7 Å². The molecule has 2 unspecified atom stereocenters. The molecule has 2 aromatic rings. The third kappa shape index (κ3) is 2.88. The summed E-state index contributed by atoms with van der Waals surface area (Å²) in [5.41, 5.74) is 2.22. The van der Waals surface area contributed by atoms with Crippen molar-refractivity contribution in [1.29, 1.82) is 0 Å². The molecule has 5 rings (SSSR count). The molecule has 4 atom stereocenters. The fourth-order valence-electron chi connectivity index (χ4n) is 4.92. The number of carbonyl (C=O) groups is 2. The quantitative estimate of drug-likeness (QED) is 0.726. The number of carbonyl (C=O) groups excluding carboxylic acids is 2. The standard InChI is InChI=1S/C22H23N3O4/c1-14-4-3-5-15(10-14)11-25-13-22-8-6-17(29-22)18(19(22)21(25)27)20(26)24(2)12-16-7-9-28-23-16/h3-10,17-19H,11-13H2,1-2H3/t17-,18?,19?,22-/m0/s1. The average molecular weight is 393 g/mol. The van der Waals surface area contributed by atoms with Gasteiger partial charge >= 0.3 is 0 Å². The van der Waals surface area contributed by atoms with Crippen LogP contribution < -0.4 is 0 Å². The molecule has 3 aliphatic rings. The van der Waals surface area contributed by atoms with Crippen molar-refractivity contribution in [3.05, 3.63) is 65.6 Å². The second kappa shape index (κ2) is 6.56. The molecule has 1 spiro atoms. The van der Waals surface area contributed by atoms with Crippen LogP contribution in [-0.2, 0) is 27.4 Å². The molecule has 3 aliphatic heterocycles. The third-order valence-corrected chi connectivity index (χ3v) is 6.19. The summed E-state index contributed by atoms with van der Waals surface area (Å²) < 4.78 is 11.1. The summed E-state index contributed by atoms with van der Waals surface area (Å²) in [6, 6.07) is 9.87. The molecule has 1 aromatic carbocycles. The third-order valence-electron chi connectivity index (χ3n) is 6.19. The van der Waals surface area contributed by atoms with Gasteiger partial charge in [0.1, 0.15) is 17.6 Å². The molecule has 7 heteroatoms. The maximum atomic E-state index is 13.3. The fourth-order valence-corrected chi connectivity index (χ4v) is 4.92. The molecule has 0 N–H and O–H groups in total. The van der Waals surface area contributed by atoms with E-state index in [-0.39, 0.29) is 17.9 Å². The highest BCUT2D eigenvalue weighted by Gasteiger charge is 2.67. The first-order valence-electron chi connectivity index (χ1n) is 9.83. The number of hydrogen-bond donors (Lipinski definition) is 0. The lowest BCUT2D eigenvalue weighted by molar-refractivity contribution is -0.143. The first kappa shape index (κ1) is 18.1. The van der Waals surface area contributed by atoms with Gasteiger partial charge in [0, 0.05) is 19.7 Å². The van der Waals surface area contributed by atoms with Gasteiger partial charge in [-0.05, 0) is 12.5 Å². The maximum absolute atomic E-state index is 13.3. The normalized spacial score (nSPS) is 29.5. The van der Waals surface area contributed by atoms with Crippen LogP contribution in [0, 0.1) is 18.8 Å². The molecule has 4 heterocycles. The minimum Gasteiger partial charge on any atom is -0.364 e. The summed E-state index contributed by atoms with van der Waals surface area (Å²) in [5.74, 6) is -1.09. The number of fused-ring (bicyclic) bond motifs is 1. The molecular formula is C22H23N3O4.